The minimum absolute atomic E-state index is 0.716. The van der Waals surface area contributed by atoms with Gasteiger partial charge in [-0.25, -0.2) is 17.6 Å². The number of benzene rings is 2. The molecule has 0 saturated heterocycles. The van der Waals surface area contributed by atoms with Gasteiger partial charge in [-0.05, 0) is 0 Å². The normalized spacial score (nSPS) is 12.1. The second-order valence-corrected chi connectivity index (χ2v) is 5.41. The number of allylic oxidation sites excluding steroid dienone is 1. The summed E-state index contributed by atoms with van der Waals surface area (Å²) in [4.78, 5) is 12.3. The summed E-state index contributed by atoms with van der Waals surface area (Å²) < 4.78 is 147. The molecule has 156 valence electrons. The highest BCUT2D eigenvalue weighted by Gasteiger charge is 2.63. The molecule has 0 aliphatic heterocycles. The van der Waals surface area contributed by atoms with Crippen molar-refractivity contribution in [3.63, 3.8) is 0 Å². The van der Waals surface area contributed by atoms with E-state index in [9.17, 15) is 53.1 Å². The third-order valence-electron chi connectivity index (χ3n) is 3.64. The summed E-state index contributed by atoms with van der Waals surface area (Å²) in [6.45, 7) is 0. The molecule has 0 saturated carbocycles. The third-order valence-corrected chi connectivity index (χ3v) is 3.64. The molecule has 0 radical (unpaired) electrons. The first-order valence-electron chi connectivity index (χ1n) is 7.19. The van der Waals surface area contributed by atoms with Crippen LogP contribution in [0.5, 0.6) is 0 Å². The summed E-state index contributed by atoms with van der Waals surface area (Å²) in [6.07, 6.45) is -10.7. The SMILES string of the molecule is O=C(c1ccccc1)c1c(F)c(F)c(F)c(F)c1C(=C(F)F)C(F)(F)C(F)(F)F. The lowest BCUT2D eigenvalue weighted by Gasteiger charge is -2.24. The topological polar surface area (TPSA) is 17.1 Å². The number of carbonyl (C=O) groups excluding carboxylic acids is 1. The van der Waals surface area contributed by atoms with Crippen molar-refractivity contribution in [1.29, 1.82) is 0 Å². The van der Waals surface area contributed by atoms with Crippen LogP contribution < -0.4 is 0 Å². The van der Waals surface area contributed by atoms with Gasteiger partial charge in [0.1, 0.15) is 5.57 Å². The number of rotatable bonds is 4. The van der Waals surface area contributed by atoms with Crippen molar-refractivity contribution >= 4 is 11.4 Å². The van der Waals surface area contributed by atoms with Crippen LogP contribution in [0.1, 0.15) is 21.5 Å². The van der Waals surface area contributed by atoms with Crippen LogP contribution in [0.3, 0.4) is 0 Å². The van der Waals surface area contributed by atoms with Gasteiger partial charge in [0.2, 0.25) is 0 Å². The molecule has 0 amide bonds. The van der Waals surface area contributed by atoms with Gasteiger partial charge < -0.3 is 0 Å². The van der Waals surface area contributed by atoms with Crippen LogP contribution in [-0.4, -0.2) is 17.9 Å². The lowest BCUT2D eigenvalue weighted by molar-refractivity contribution is -0.254. The molecule has 0 fully saturated rings. The molecule has 0 atom stereocenters. The Hall–Kier alpha value is -2.92. The number of hydrogen-bond donors (Lipinski definition) is 0. The average Bonchev–Trinajstić information content (AvgIpc) is 2.63. The molecule has 0 bridgehead atoms. The van der Waals surface area contributed by atoms with E-state index in [1.54, 1.807) is 0 Å². The van der Waals surface area contributed by atoms with Gasteiger partial charge in [-0.1, -0.05) is 30.3 Å². The Labute approximate surface area is 154 Å². The van der Waals surface area contributed by atoms with Gasteiger partial charge in [-0.2, -0.15) is 30.7 Å². The highest BCUT2D eigenvalue weighted by atomic mass is 19.4. The molecule has 0 N–H and O–H groups in total. The molecular weight excluding hydrogens is 429 g/mol. The van der Waals surface area contributed by atoms with E-state index in [0.29, 0.717) is 0 Å². The highest BCUT2D eigenvalue weighted by Crippen LogP contribution is 2.49. The molecule has 2 aromatic rings. The van der Waals surface area contributed by atoms with E-state index < -0.39 is 69.5 Å². The molecule has 0 heterocycles. The van der Waals surface area contributed by atoms with E-state index in [4.69, 9.17) is 0 Å². The van der Waals surface area contributed by atoms with E-state index in [-0.39, 0.29) is 0 Å². The first-order valence-corrected chi connectivity index (χ1v) is 7.19. The minimum atomic E-state index is -6.77. The predicted molar refractivity (Wildman–Crippen MR) is 76.3 cm³/mol. The second-order valence-electron chi connectivity index (χ2n) is 5.41. The maximum Gasteiger partial charge on any atom is 0.458 e. The molecular formula is C17H5F11O. The van der Waals surface area contributed by atoms with Crippen LogP contribution in [0.15, 0.2) is 36.4 Å². The van der Waals surface area contributed by atoms with Gasteiger partial charge in [0.15, 0.2) is 29.1 Å². The number of halogens is 11. The van der Waals surface area contributed by atoms with E-state index >= 15 is 0 Å². The fourth-order valence-electron chi connectivity index (χ4n) is 2.33. The lowest BCUT2D eigenvalue weighted by Crippen LogP contribution is -2.39. The largest absolute Gasteiger partial charge is 0.458 e. The minimum Gasteiger partial charge on any atom is -0.288 e. The first-order chi connectivity index (χ1) is 13.2. The molecule has 0 unspecified atom stereocenters. The van der Waals surface area contributed by atoms with Crippen molar-refractivity contribution in [2.45, 2.75) is 12.1 Å². The molecule has 12 heteroatoms. The zero-order valence-corrected chi connectivity index (χ0v) is 13.5. The maximum atomic E-state index is 14.2. The number of hydrogen-bond acceptors (Lipinski definition) is 1. The van der Waals surface area contributed by atoms with Crippen LogP contribution >= 0.6 is 0 Å². The standard InChI is InChI=1S/C17H5F11O/c18-10-7(9(15(22)23)16(24,25)17(26,27)28)8(11(19)13(21)12(10)20)14(29)6-4-2-1-3-5-6/h1-5H. The Morgan fingerprint density at radius 1 is 0.690 bits per heavy atom. The van der Waals surface area contributed by atoms with E-state index in [1.807, 2.05) is 0 Å². The van der Waals surface area contributed by atoms with E-state index in [0.717, 1.165) is 24.3 Å². The van der Waals surface area contributed by atoms with Gasteiger partial charge in [0.05, 0.1) is 5.56 Å². The van der Waals surface area contributed by atoms with Crippen molar-refractivity contribution in [1.82, 2.24) is 0 Å². The monoisotopic (exact) mass is 434 g/mol. The first kappa shape index (κ1) is 22.4. The third kappa shape index (κ3) is 3.70. The fourth-order valence-corrected chi connectivity index (χ4v) is 2.33. The molecule has 29 heavy (non-hydrogen) atoms. The molecule has 0 aliphatic carbocycles. The molecule has 0 aromatic heterocycles. The number of alkyl halides is 5. The van der Waals surface area contributed by atoms with Gasteiger partial charge >= 0.3 is 12.1 Å². The van der Waals surface area contributed by atoms with Crippen LogP contribution in [0.25, 0.3) is 5.57 Å². The quantitative estimate of drug-likeness (QED) is 0.240. The molecule has 0 spiro atoms. The van der Waals surface area contributed by atoms with Crippen LogP contribution in [0.2, 0.25) is 0 Å². The predicted octanol–water partition coefficient (Wildman–Crippen LogP) is 6.28. The second kappa shape index (κ2) is 7.48. The van der Waals surface area contributed by atoms with Crippen LogP contribution in [0.4, 0.5) is 48.3 Å². The van der Waals surface area contributed by atoms with Gasteiger partial charge in [0, 0.05) is 11.1 Å². The summed E-state index contributed by atoms with van der Waals surface area (Å²) in [5.41, 5.74) is -9.22. The molecule has 1 nitrogen and oxygen atoms in total. The zero-order chi connectivity index (χ0) is 22.3. The summed E-state index contributed by atoms with van der Waals surface area (Å²) in [5.74, 6) is -19.9. The number of ketones is 1. The average molecular weight is 434 g/mol. The van der Waals surface area contributed by atoms with E-state index in [2.05, 4.69) is 0 Å². The highest BCUT2D eigenvalue weighted by molar-refractivity contribution is 6.12. The van der Waals surface area contributed by atoms with Crippen LogP contribution in [-0.2, 0) is 0 Å². The van der Waals surface area contributed by atoms with Crippen molar-refractivity contribution in [2.75, 3.05) is 0 Å². The summed E-state index contributed by atoms with van der Waals surface area (Å²) in [6, 6.07) is 5.07. The van der Waals surface area contributed by atoms with E-state index in [1.165, 1.54) is 6.07 Å². The summed E-state index contributed by atoms with van der Waals surface area (Å²) in [7, 11) is 0. The van der Waals surface area contributed by atoms with Crippen molar-refractivity contribution in [3.05, 3.63) is 76.4 Å². The Morgan fingerprint density at radius 3 is 1.55 bits per heavy atom. The summed E-state index contributed by atoms with van der Waals surface area (Å²) in [5, 5.41) is 0. The Kier molecular flexibility index (Phi) is 5.77. The Bertz CT molecular complexity index is 987. The van der Waals surface area contributed by atoms with Crippen LogP contribution in [0, 0.1) is 23.3 Å². The smallest absolute Gasteiger partial charge is 0.288 e. The van der Waals surface area contributed by atoms with Crippen molar-refractivity contribution in [3.8, 4) is 0 Å². The molecule has 2 rings (SSSR count). The Morgan fingerprint density at radius 2 is 1.14 bits per heavy atom. The summed E-state index contributed by atoms with van der Waals surface area (Å²) >= 11 is 0. The molecule has 2 aromatic carbocycles. The molecule has 0 aliphatic rings. The van der Waals surface area contributed by atoms with Crippen molar-refractivity contribution < 1.29 is 53.1 Å². The lowest BCUT2D eigenvalue weighted by atomic mass is 9.89. The maximum absolute atomic E-state index is 14.2. The van der Waals surface area contributed by atoms with Gasteiger partial charge in [-0.3, -0.25) is 4.79 Å². The van der Waals surface area contributed by atoms with Gasteiger partial charge in [-0.15, -0.1) is 0 Å². The zero-order valence-electron chi connectivity index (χ0n) is 13.5. The Balaban J connectivity index is 3.01. The fraction of sp³-hybridized carbons (Fsp3) is 0.118. The number of carbonyl (C=O) groups is 1. The van der Waals surface area contributed by atoms with Gasteiger partial charge in [0.25, 0.3) is 6.08 Å². The van der Waals surface area contributed by atoms with Crippen molar-refractivity contribution in [2.24, 2.45) is 0 Å².